The second-order valence-electron chi connectivity index (χ2n) is 3.21. The number of rotatable bonds is 3. The van der Waals surface area contributed by atoms with Gasteiger partial charge >= 0.3 is 0 Å². The molecule has 3 nitrogen and oxygen atoms in total. The maximum atomic E-state index is 9.33. The molecule has 3 heteroatoms. The van der Waals surface area contributed by atoms with Crippen LogP contribution in [0.4, 0.5) is 0 Å². The lowest BCUT2D eigenvalue weighted by molar-refractivity contribution is 0.0759. The van der Waals surface area contributed by atoms with E-state index in [4.69, 9.17) is 5.11 Å². The Bertz CT molecular complexity index is 117. The van der Waals surface area contributed by atoms with Gasteiger partial charge in [0.05, 0.1) is 12.7 Å². The molecule has 1 aliphatic heterocycles. The van der Waals surface area contributed by atoms with Crippen LogP contribution in [0.2, 0.25) is 0 Å². The maximum Gasteiger partial charge on any atom is 0.0667 e. The van der Waals surface area contributed by atoms with Gasteiger partial charge < -0.3 is 10.2 Å². The van der Waals surface area contributed by atoms with Gasteiger partial charge in [0, 0.05) is 12.6 Å². The molecule has 1 aliphatic rings. The van der Waals surface area contributed by atoms with E-state index in [2.05, 4.69) is 4.90 Å². The zero-order valence-electron chi connectivity index (χ0n) is 7.03. The molecule has 1 saturated heterocycles. The van der Waals surface area contributed by atoms with Gasteiger partial charge in [-0.3, -0.25) is 4.90 Å². The molecule has 2 atom stereocenters. The highest BCUT2D eigenvalue weighted by Crippen LogP contribution is 2.19. The van der Waals surface area contributed by atoms with Gasteiger partial charge in [0.25, 0.3) is 0 Å². The van der Waals surface area contributed by atoms with Gasteiger partial charge in [0.1, 0.15) is 0 Å². The molecular formula is C8H17NO2. The lowest BCUT2D eigenvalue weighted by Crippen LogP contribution is -2.38. The summed E-state index contributed by atoms with van der Waals surface area (Å²) in [5.74, 6) is 0. The molecule has 0 aliphatic carbocycles. The lowest BCUT2D eigenvalue weighted by atomic mass is 10.1. The van der Waals surface area contributed by atoms with Crippen LogP contribution in [-0.4, -0.2) is 47.0 Å². The third kappa shape index (κ3) is 2.15. The van der Waals surface area contributed by atoms with Crippen molar-refractivity contribution in [2.75, 3.05) is 19.7 Å². The Balaban J connectivity index is 2.37. The summed E-state index contributed by atoms with van der Waals surface area (Å²) in [6.45, 7) is 3.75. The summed E-state index contributed by atoms with van der Waals surface area (Å²) in [7, 11) is 0. The number of nitrogens with zero attached hydrogens (tertiary/aromatic N) is 1. The second-order valence-corrected chi connectivity index (χ2v) is 3.21. The summed E-state index contributed by atoms with van der Waals surface area (Å²) in [5, 5.41) is 18.0. The molecule has 2 N–H and O–H groups in total. The number of β-amino-alcohol motifs (C(OH)–C–C–N with tert-alkyl or cyclic N) is 1. The molecule has 0 radical (unpaired) electrons. The molecule has 0 aromatic rings. The Kier molecular flexibility index (Phi) is 3.30. The molecule has 66 valence electrons. The predicted molar refractivity (Wildman–Crippen MR) is 43.4 cm³/mol. The Morgan fingerprint density at radius 2 is 2.36 bits per heavy atom. The van der Waals surface area contributed by atoms with E-state index in [9.17, 15) is 5.11 Å². The minimum atomic E-state index is -0.260. The number of aliphatic hydroxyl groups excluding tert-OH is 2. The first kappa shape index (κ1) is 8.97. The first-order valence-corrected chi connectivity index (χ1v) is 4.28. The van der Waals surface area contributed by atoms with Crippen LogP contribution in [0.1, 0.15) is 19.8 Å². The molecule has 0 saturated carbocycles. The third-order valence-electron chi connectivity index (χ3n) is 2.36. The largest absolute Gasteiger partial charge is 0.395 e. The molecule has 2 unspecified atom stereocenters. The standard InChI is InChI=1S/C8H17NO2/c1-7(11)8-3-2-4-9(8)5-6-10/h7-8,10-11H,2-6H2,1H3. The van der Waals surface area contributed by atoms with Crippen molar-refractivity contribution in [2.24, 2.45) is 0 Å². The number of hydrogen-bond acceptors (Lipinski definition) is 3. The van der Waals surface area contributed by atoms with E-state index in [1.165, 1.54) is 0 Å². The fourth-order valence-electron chi connectivity index (χ4n) is 1.80. The highest BCUT2D eigenvalue weighted by molar-refractivity contribution is 4.82. The van der Waals surface area contributed by atoms with Gasteiger partial charge in [0.2, 0.25) is 0 Å². The van der Waals surface area contributed by atoms with Crippen molar-refractivity contribution in [3.8, 4) is 0 Å². The van der Waals surface area contributed by atoms with Gasteiger partial charge in [-0.2, -0.15) is 0 Å². The fourth-order valence-corrected chi connectivity index (χ4v) is 1.80. The first-order valence-electron chi connectivity index (χ1n) is 4.28. The maximum absolute atomic E-state index is 9.33. The topological polar surface area (TPSA) is 43.7 Å². The van der Waals surface area contributed by atoms with Crippen molar-refractivity contribution in [3.63, 3.8) is 0 Å². The van der Waals surface area contributed by atoms with Gasteiger partial charge in [-0.15, -0.1) is 0 Å². The third-order valence-corrected chi connectivity index (χ3v) is 2.36. The molecule has 0 bridgehead atoms. The predicted octanol–water partition coefficient (Wildman–Crippen LogP) is -0.176. The highest BCUT2D eigenvalue weighted by atomic mass is 16.3. The smallest absolute Gasteiger partial charge is 0.0667 e. The molecule has 11 heavy (non-hydrogen) atoms. The van der Waals surface area contributed by atoms with E-state index < -0.39 is 0 Å². The van der Waals surface area contributed by atoms with E-state index in [1.54, 1.807) is 0 Å². The SMILES string of the molecule is CC(O)C1CCCN1CCO. The van der Waals surface area contributed by atoms with Crippen LogP contribution in [0.5, 0.6) is 0 Å². The summed E-state index contributed by atoms with van der Waals surface area (Å²) in [6.07, 6.45) is 1.96. The van der Waals surface area contributed by atoms with Crippen LogP contribution in [-0.2, 0) is 0 Å². The lowest BCUT2D eigenvalue weighted by Gasteiger charge is -2.25. The molecular weight excluding hydrogens is 142 g/mol. The highest BCUT2D eigenvalue weighted by Gasteiger charge is 2.27. The zero-order valence-corrected chi connectivity index (χ0v) is 7.03. The minimum absolute atomic E-state index is 0.198. The second kappa shape index (κ2) is 4.04. The number of aliphatic hydroxyl groups is 2. The molecule has 0 spiro atoms. The molecule has 0 aromatic heterocycles. The van der Waals surface area contributed by atoms with E-state index in [0.717, 1.165) is 19.4 Å². The zero-order chi connectivity index (χ0) is 8.27. The number of likely N-dealkylation sites (tertiary alicyclic amines) is 1. The van der Waals surface area contributed by atoms with Crippen molar-refractivity contribution in [2.45, 2.75) is 31.9 Å². The van der Waals surface area contributed by atoms with Crippen molar-refractivity contribution in [1.82, 2.24) is 4.90 Å². The van der Waals surface area contributed by atoms with Crippen molar-refractivity contribution < 1.29 is 10.2 Å². The van der Waals surface area contributed by atoms with Crippen LogP contribution >= 0.6 is 0 Å². The van der Waals surface area contributed by atoms with Gasteiger partial charge in [0.15, 0.2) is 0 Å². The van der Waals surface area contributed by atoms with Gasteiger partial charge in [-0.1, -0.05) is 0 Å². The monoisotopic (exact) mass is 159 g/mol. The minimum Gasteiger partial charge on any atom is -0.395 e. The molecule has 1 fully saturated rings. The molecule has 0 aromatic carbocycles. The van der Waals surface area contributed by atoms with E-state index in [-0.39, 0.29) is 18.8 Å². The van der Waals surface area contributed by atoms with Crippen molar-refractivity contribution in [1.29, 1.82) is 0 Å². The van der Waals surface area contributed by atoms with Gasteiger partial charge in [-0.25, -0.2) is 0 Å². The van der Waals surface area contributed by atoms with Crippen LogP contribution in [0.15, 0.2) is 0 Å². The molecule has 1 heterocycles. The van der Waals surface area contributed by atoms with Gasteiger partial charge in [-0.05, 0) is 26.3 Å². The molecule has 1 rings (SSSR count). The molecule has 0 amide bonds. The van der Waals surface area contributed by atoms with Crippen molar-refractivity contribution >= 4 is 0 Å². The first-order chi connectivity index (χ1) is 5.25. The van der Waals surface area contributed by atoms with Crippen LogP contribution < -0.4 is 0 Å². The normalized spacial score (nSPS) is 29.2. The fraction of sp³-hybridized carbons (Fsp3) is 1.00. The van der Waals surface area contributed by atoms with E-state index >= 15 is 0 Å². The van der Waals surface area contributed by atoms with E-state index in [0.29, 0.717) is 6.54 Å². The van der Waals surface area contributed by atoms with Crippen LogP contribution in [0.3, 0.4) is 0 Å². The Hall–Kier alpha value is -0.120. The summed E-state index contributed by atoms with van der Waals surface area (Å²) in [4.78, 5) is 2.16. The van der Waals surface area contributed by atoms with Crippen LogP contribution in [0, 0.1) is 0 Å². The van der Waals surface area contributed by atoms with Crippen LogP contribution in [0.25, 0.3) is 0 Å². The summed E-state index contributed by atoms with van der Waals surface area (Å²) in [6, 6.07) is 0.280. The quantitative estimate of drug-likeness (QED) is 0.600. The summed E-state index contributed by atoms with van der Waals surface area (Å²) in [5.41, 5.74) is 0. The summed E-state index contributed by atoms with van der Waals surface area (Å²) >= 11 is 0. The Labute approximate surface area is 67.6 Å². The van der Waals surface area contributed by atoms with E-state index in [1.807, 2.05) is 6.92 Å². The number of hydrogen-bond donors (Lipinski definition) is 2. The van der Waals surface area contributed by atoms with Crippen molar-refractivity contribution in [3.05, 3.63) is 0 Å². The Morgan fingerprint density at radius 1 is 1.64 bits per heavy atom. The summed E-state index contributed by atoms with van der Waals surface area (Å²) < 4.78 is 0. The Morgan fingerprint density at radius 3 is 2.91 bits per heavy atom. The average Bonchev–Trinajstić information content (AvgIpc) is 2.36. The average molecular weight is 159 g/mol.